The van der Waals surface area contributed by atoms with Gasteiger partial charge in [-0.3, -0.25) is 9.78 Å². The first kappa shape index (κ1) is 24.4. The molecule has 1 fully saturated rings. The van der Waals surface area contributed by atoms with Gasteiger partial charge in [-0.05, 0) is 66.8 Å². The average molecular weight is 515 g/mol. The summed E-state index contributed by atoms with van der Waals surface area (Å²) in [5.41, 5.74) is 3.13. The minimum atomic E-state index is -0.285. The molecule has 1 aliphatic rings. The van der Waals surface area contributed by atoms with E-state index in [2.05, 4.69) is 26.7 Å². The molecule has 2 N–H and O–H groups in total. The van der Waals surface area contributed by atoms with Crippen molar-refractivity contribution in [2.45, 2.75) is 12.1 Å². The van der Waals surface area contributed by atoms with E-state index in [1.54, 1.807) is 19.5 Å². The van der Waals surface area contributed by atoms with Crippen LogP contribution in [0.15, 0.2) is 85.3 Å². The smallest absolute Gasteiger partial charge is 0.250 e. The van der Waals surface area contributed by atoms with Crippen molar-refractivity contribution in [1.29, 1.82) is 0 Å². The van der Waals surface area contributed by atoms with Gasteiger partial charge in [-0.15, -0.1) is 0 Å². The SMILES string of the molecule is COCC(=O)Nc1cc(N2C(=S)NC(c3ccccn3)C2c2cccn2-c2ccccn2)ccc1OC. The number of hydrogen-bond donors (Lipinski definition) is 2. The summed E-state index contributed by atoms with van der Waals surface area (Å²) in [7, 11) is 3.03. The first-order valence-electron chi connectivity index (χ1n) is 11.7. The molecule has 1 aromatic carbocycles. The molecule has 1 aliphatic heterocycles. The number of nitrogens with one attached hydrogen (secondary N) is 2. The molecule has 10 heteroatoms. The maximum atomic E-state index is 12.3. The van der Waals surface area contributed by atoms with E-state index in [0.29, 0.717) is 16.5 Å². The standard InChI is InChI=1S/C27H26N6O3S/c1-35-17-24(34)30-20-16-18(11-12-22(20)36-2)33-26(25(31-27(33)37)19-8-3-5-13-28-19)21-9-7-15-32(21)23-10-4-6-14-29-23/h3-16,25-26H,17H2,1-2H3,(H,30,34)(H,31,37). The number of nitrogens with zero attached hydrogens (tertiary/aromatic N) is 4. The van der Waals surface area contributed by atoms with Gasteiger partial charge in [-0.25, -0.2) is 4.98 Å². The van der Waals surface area contributed by atoms with Crippen molar-refractivity contribution in [2.24, 2.45) is 0 Å². The van der Waals surface area contributed by atoms with Crippen LogP contribution in [-0.4, -0.2) is 46.4 Å². The number of hydrogen-bond acceptors (Lipinski definition) is 6. The molecule has 1 amide bonds. The molecule has 5 rings (SSSR count). The van der Waals surface area contributed by atoms with E-state index in [9.17, 15) is 4.79 Å². The molecule has 0 radical (unpaired) electrons. The predicted octanol–water partition coefficient (Wildman–Crippen LogP) is 4.04. The molecular formula is C27H26N6O3S. The summed E-state index contributed by atoms with van der Waals surface area (Å²) in [4.78, 5) is 23.5. The van der Waals surface area contributed by atoms with Gasteiger partial charge in [0.25, 0.3) is 0 Å². The number of benzene rings is 1. The van der Waals surface area contributed by atoms with Crippen LogP contribution in [-0.2, 0) is 9.53 Å². The molecule has 9 nitrogen and oxygen atoms in total. The van der Waals surface area contributed by atoms with E-state index >= 15 is 0 Å². The van der Waals surface area contributed by atoms with E-state index in [4.69, 9.17) is 21.7 Å². The number of carbonyl (C=O) groups excluding carboxylic acids is 1. The molecule has 0 bridgehead atoms. The Morgan fingerprint density at radius 1 is 1.05 bits per heavy atom. The van der Waals surface area contributed by atoms with Gasteiger partial charge in [0.2, 0.25) is 5.91 Å². The van der Waals surface area contributed by atoms with Crippen molar-refractivity contribution >= 4 is 34.6 Å². The van der Waals surface area contributed by atoms with E-state index in [1.165, 1.54) is 7.11 Å². The molecule has 0 saturated carbocycles. The lowest BCUT2D eigenvalue weighted by atomic mass is 10.0. The Bertz CT molecular complexity index is 1400. The van der Waals surface area contributed by atoms with Crippen molar-refractivity contribution in [3.8, 4) is 11.6 Å². The quantitative estimate of drug-likeness (QED) is 0.341. The highest BCUT2D eigenvalue weighted by atomic mass is 32.1. The lowest BCUT2D eigenvalue weighted by molar-refractivity contribution is -0.119. The normalized spacial score (nSPS) is 16.9. The van der Waals surface area contributed by atoms with Crippen LogP contribution in [0.5, 0.6) is 5.75 Å². The van der Waals surface area contributed by atoms with Gasteiger partial charge in [-0.2, -0.15) is 0 Å². The molecular weight excluding hydrogens is 488 g/mol. The molecule has 4 heterocycles. The molecule has 0 aliphatic carbocycles. The van der Waals surface area contributed by atoms with Crippen LogP contribution < -0.4 is 20.3 Å². The van der Waals surface area contributed by atoms with Crippen molar-refractivity contribution in [3.63, 3.8) is 0 Å². The summed E-state index contributed by atoms with van der Waals surface area (Å²) < 4.78 is 12.5. The fourth-order valence-corrected chi connectivity index (χ4v) is 4.88. The molecule has 2 atom stereocenters. The Balaban J connectivity index is 1.62. The topological polar surface area (TPSA) is 93.5 Å². The number of ether oxygens (including phenoxy) is 2. The van der Waals surface area contributed by atoms with E-state index in [1.807, 2.05) is 76.3 Å². The monoisotopic (exact) mass is 514 g/mol. The number of rotatable bonds is 8. The summed E-state index contributed by atoms with van der Waals surface area (Å²) in [5, 5.41) is 6.87. The van der Waals surface area contributed by atoms with Gasteiger partial charge in [0.1, 0.15) is 24.2 Å². The first-order valence-corrected chi connectivity index (χ1v) is 12.1. The Labute approximate surface area is 220 Å². The second-order valence-electron chi connectivity index (χ2n) is 8.35. The Hall–Kier alpha value is -4.28. The minimum absolute atomic E-state index is 0.0704. The number of carbonyl (C=O) groups is 1. The highest BCUT2D eigenvalue weighted by Gasteiger charge is 2.42. The fraction of sp³-hybridized carbons (Fsp3) is 0.185. The predicted molar refractivity (Wildman–Crippen MR) is 145 cm³/mol. The molecule has 4 aromatic rings. The van der Waals surface area contributed by atoms with Crippen LogP contribution >= 0.6 is 12.2 Å². The van der Waals surface area contributed by atoms with Crippen LogP contribution in [0.4, 0.5) is 11.4 Å². The summed E-state index contributed by atoms with van der Waals surface area (Å²) in [6.07, 6.45) is 5.52. The third-order valence-corrected chi connectivity index (χ3v) is 6.40. The maximum absolute atomic E-state index is 12.3. The average Bonchev–Trinajstić information content (AvgIpc) is 3.54. The third-order valence-electron chi connectivity index (χ3n) is 6.09. The summed E-state index contributed by atoms with van der Waals surface area (Å²) in [6.45, 7) is -0.0704. The third kappa shape index (κ3) is 4.89. The van der Waals surface area contributed by atoms with E-state index in [0.717, 1.165) is 22.9 Å². The number of anilines is 2. The van der Waals surface area contributed by atoms with Crippen molar-refractivity contribution in [1.82, 2.24) is 19.9 Å². The second kappa shape index (κ2) is 10.8. The number of thiocarbonyl (C=S) groups is 1. The number of pyridine rings is 2. The van der Waals surface area contributed by atoms with Crippen molar-refractivity contribution in [2.75, 3.05) is 31.0 Å². The minimum Gasteiger partial charge on any atom is -0.495 e. The number of methoxy groups -OCH3 is 2. The van der Waals surface area contributed by atoms with Gasteiger partial charge >= 0.3 is 0 Å². The first-order chi connectivity index (χ1) is 18.1. The van der Waals surface area contributed by atoms with Crippen LogP contribution in [0.3, 0.4) is 0 Å². The zero-order chi connectivity index (χ0) is 25.8. The van der Waals surface area contributed by atoms with Gasteiger partial charge in [-0.1, -0.05) is 12.1 Å². The van der Waals surface area contributed by atoms with Crippen molar-refractivity contribution in [3.05, 3.63) is 96.7 Å². The maximum Gasteiger partial charge on any atom is 0.250 e. The molecule has 1 saturated heterocycles. The highest BCUT2D eigenvalue weighted by molar-refractivity contribution is 7.80. The lowest BCUT2D eigenvalue weighted by Gasteiger charge is -2.29. The van der Waals surface area contributed by atoms with Gasteiger partial charge < -0.3 is 29.6 Å². The van der Waals surface area contributed by atoms with Gasteiger partial charge in [0.15, 0.2) is 5.11 Å². The lowest BCUT2D eigenvalue weighted by Crippen LogP contribution is -2.30. The molecule has 37 heavy (non-hydrogen) atoms. The summed E-state index contributed by atoms with van der Waals surface area (Å²) in [6, 6.07) is 20.7. The van der Waals surface area contributed by atoms with E-state index < -0.39 is 0 Å². The zero-order valence-electron chi connectivity index (χ0n) is 20.4. The number of aromatic nitrogens is 3. The van der Waals surface area contributed by atoms with Crippen LogP contribution in [0.25, 0.3) is 5.82 Å². The zero-order valence-corrected chi connectivity index (χ0v) is 21.2. The summed E-state index contributed by atoms with van der Waals surface area (Å²) in [5.74, 6) is 1.04. The van der Waals surface area contributed by atoms with Crippen LogP contribution in [0, 0.1) is 0 Å². The van der Waals surface area contributed by atoms with E-state index in [-0.39, 0.29) is 24.6 Å². The molecule has 188 valence electrons. The highest BCUT2D eigenvalue weighted by Crippen LogP contribution is 2.43. The second-order valence-corrected chi connectivity index (χ2v) is 8.74. The number of amides is 1. The van der Waals surface area contributed by atoms with Crippen LogP contribution in [0.1, 0.15) is 23.5 Å². The largest absolute Gasteiger partial charge is 0.495 e. The summed E-state index contributed by atoms with van der Waals surface area (Å²) >= 11 is 5.87. The molecule has 0 spiro atoms. The molecule has 3 aromatic heterocycles. The van der Waals surface area contributed by atoms with Gasteiger partial charge in [0, 0.05) is 37.1 Å². The Kier molecular flexibility index (Phi) is 7.11. The van der Waals surface area contributed by atoms with Crippen molar-refractivity contribution < 1.29 is 14.3 Å². The Morgan fingerprint density at radius 2 is 1.86 bits per heavy atom. The fourth-order valence-electron chi connectivity index (χ4n) is 4.53. The van der Waals surface area contributed by atoms with Crippen LogP contribution in [0.2, 0.25) is 0 Å². The molecule has 2 unspecified atom stereocenters. The Morgan fingerprint density at radius 3 is 2.57 bits per heavy atom. The van der Waals surface area contributed by atoms with Gasteiger partial charge in [0.05, 0.1) is 24.5 Å².